The summed E-state index contributed by atoms with van der Waals surface area (Å²) in [5, 5.41) is 3.48. The van der Waals surface area contributed by atoms with E-state index in [0.717, 1.165) is 20.9 Å². The topological polar surface area (TPSA) is 89.6 Å². The van der Waals surface area contributed by atoms with Crippen molar-refractivity contribution < 1.29 is 23.8 Å². The van der Waals surface area contributed by atoms with Gasteiger partial charge in [-0.3, -0.25) is 4.79 Å². The number of H-pyrrole nitrogens is 1. The highest BCUT2D eigenvalue weighted by molar-refractivity contribution is 9.10. The maximum absolute atomic E-state index is 12.3. The second-order valence-electron chi connectivity index (χ2n) is 6.26. The number of hydrogen-bond donors (Lipinski definition) is 2. The van der Waals surface area contributed by atoms with Crippen LogP contribution in [0, 0.1) is 0 Å². The number of benzene rings is 2. The molecule has 3 aromatic rings. The van der Waals surface area contributed by atoms with Gasteiger partial charge in [-0.15, -0.1) is 0 Å². The zero-order chi connectivity index (χ0) is 20.8. The Morgan fingerprint density at radius 1 is 1.07 bits per heavy atom. The van der Waals surface area contributed by atoms with Crippen molar-refractivity contribution in [2.45, 2.75) is 6.42 Å². The number of carbonyl (C=O) groups is 2. The number of ether oxygens (including phenoxy) is 3. The lowest BCUT2D eigenvalue weighted by atomic mass is 10.1. The van der Waals surface area contributed by atoms with Gasteiger partial charge < -0.3 is 24.5 Å². The predicted octanol–water partition coefficient (Wildman–Crippen LogP) is 3.46. The molecule has 7 nitrogen and oxygen atoms in total. The lowest BCUT2D eigenvalue weighted by molar-refractivity contribution is -0.124. The molecule has 0 unspecified atom stereocenters. The average Bonchev–Trinajstić information content (AvgIpc) is 3.15. The van der Waals surface area contributed by atoms with Crippen LogP contribution in [0.2, 0.25) is 0 Å². The molecule has 2 aromatic carbocycles. The smallest absolute Gasteiger partial charge is 0.340 e. The molecule has 0 fully saturated rings. The van der Waals surface area contributed by atoms with E-state index in [-0.39, 0.29) is 12.5 Å². The van der Waals surface area contributed by atoms with Crippen molar-refractivity contribution in [3.05, 3.63) is 58.2 Å². The summed E-state index contributed by atoms with van der Waals surface area (Å²) in [5.41, 5.74) is 2.20. The molecular weight excluding hydrogens is 440 g/mol. The first-order chi connectivity index (χ1) is 14.0. The molecule has 1 aromatic heterocycles. The van der Waals surface area contributed by atoms with Gasteiger partial charge in [0.2, 0.25) is 0 Å². The molecule has 0 aliphatic rings. The zero-order valence-electron chi connectivity index (χ0n) is 16.1. The van der Waals surface area contributed by atoms with Crippen LogP contribution in [0.25, 0.3) is 10.9 Å². The number of halogens is 1. The summed E-state index contributed by atoms with van der Waals surface area (Å²) in [6, 6.07) is 11.1. The van der Waals surface area contributed by atoms with Crippen molar-refractivity contribution >= 4 is 38.7 Å². The first-order valence-corrected chi connectivity index (χ1v) is 9.72. The molecule has 1 heterocycles. The summed E-state index contributed by atoms with van der Waals surface area (Å²) < 4.78 is 16.5. The number of hydrogen-bond acceptors (Lipinski definition) is 5. The van der Waals surface area contributed by atoms with Gasteiger partial charge in [-0.05, 0) is 42.3 Å². The van der Waals surface area contributed by atoms with E-state index in [1.54, 1.807) is 20.4 Å². The second-order valence-corrected chi connectivity index (χ2v) is 7.17. The molecule has 29 heavy (non-hydrogen) atoms. The van der Waals surface area contributed by atoms with Gasteiger partial charge in [-0.25, -0.2) is 4.79 Å². The van der Waals surface area contributed by atoms with Gasteiger partial charge in [0.15, 0.2) is 18.1 Å². The summed E-state index contributed by atoms with van der Waals surface area (Å²) in [6.45, 7) is 0.0668. The Morgan fingerprint density at radius 3 is 2.62 bits per heavy atom. The summed E-state index contributed by atoms with van der Waals surface area (Å²) in [4.78, 5) is 27.3. The fourth-order valence-corrected chi connectivity index (χ4v) is 3.27. The number of aromatic amines is 1. The molecule has 2 N–H and O–H groups in total. The van der Waals surface area contributed by atoms with E-state index < -0.39 is 5.97 Å². The van der Waals surface area contributed by atoms with Crippen LogP contribution < -0.4 is 14.8 Å². The number of aromatic nitrogens is 1. The molecule has 8 heteroatoms. The predicted molar refractivity (Wildman–Crippen MR) is 113 cm³/mol. The first-order valence-electron chi connectivity index (χ1n) is 8.93. The van der Waals surface area contributed by atoms with Crippen LogP contribution in [-0.2, 0) is 16.0 Å². The molecule has 0 aliphatic carbocycles. The fourth-order valence-electron chi connectivity index (χ4n) is 2.90. The molecular formula is C21H21BrN2O5. The minimum atomic E-state index is -0.551. The van der Waals surface area contributed by atoms with Crippen molar-refractivity contribution in [1.29, 1.82) is 0 Å². The fraction of sp³-hybridized carbons (Fsp3) is 0.238. The van der Waals surface area contributed by atoms with Crippen LogP contribution in [0.4, 0.5) is 0 Å². The Balaban J connectivity index is 1.48. The third-order valence-electron chi connectivity index (χ3n) is 4.38. The highest BCUT2D eigenvalue weighted by atomic mass is 79.9. The van der Waals surface area contributed by atoms with Crippen molar-refractivity contribution in [3.8, 4) is 11.5 Å². The van der Waals surface area contributed by atoms with Gasteiger partial charge in [0, 0.05) is 28.1 Å². The number of carbonyl (C=O) groups excluding carboxylic acids is 2. The minimum absolute atomic E-state index is 0.342. The molecule has 0 atom stereocenters. The van der Waals surface area contributed by atoms with Gasteiger partial charge in [0.25, 0.3) is 5.91 Å². The monoisotopic (exact) mass is 460 g/mol. The van der Waals surface area contributed by atoms with E-state index in [1.165, 1.54) is 0 Å². The summed E-state index contributed by atoms with van der Waals surface area (Å²) in [7, 11) is 3.15. The number of rotatable bonds is 8. The SMILES string of the molecule is COc1ccc(CCNC(=O)COC(=O)c2c[nH]c3ccc(Br)cc23)cc1OC. The highest BCUT2D eigenvalue weighted by Crippen LogP contribution is 2.27. The molecule has 0 saturated heterocycles. The Morgan fingerprint density at radius 2 is 1.86 bits per heavy atom. The van der Waals surface area contributed by atoms with Crippen LogP contribution in [0.15, 0.2) is 47.1 Å². The van der Waals surface area contributed by atoms with Crippen molar-refractivity contribution in [2.24, 2.45) is 0 Å². The van der Waals surface area contributed by atoms with Crippen LogP contribution in [0.3, 0.4) is 0 Å². The molecule has 3 rings (SSSR count). The number of methoxy groups -OCH3 is 2. The molecule has 1 amide bonds. The number of fused-ring (bicyclic) bond motifs is 1. The molecule has 0 spiro atoms. The first kappa shape index (κ1) is 20.7. The standard InChI is InChI=1S/C21H21BrN2O5/c1-27-18-6-3-13(9-19(18)28-2)7-8-23-20(25)12-29-21(26)16-11-24-17-5-4-14(22)10-15(16)17/h3-6,9-11,24H,7-8,12H2,1-2H3,(H,23,25). The van der Waals surface area contributed by atoms with E-state index in [0.29, 0.717) is 30.0 Å². The Labute approximate surface area is 176 Å². The second kappa shape index (κ2) is 9.47. The van der Waals surface area contributed by atoms with Gasteiger partial charge >= 0.3 is 5.97 Å². The maximum Gasteiger partial charge on any atom is 0.340 e. The lowest BCUT2D eigenvalue weighted by Crippen LogP contribution is -2.30. The molecule has 152 valence electrons. The normalized spacial score (nSPS) is 10.6. The van der Waals surface area contributed by atoms with E-state index in [9.17, 15) is 9.59 Å². The average molecular weight is 461 g/mol. The number of amides is 1. The summed E-state index contributed by atoms with van der Waals surface area (Å²) in [6.07, 6.45) is 2.19. The number of nitrogens with one attached hydrogen (secondary N) is 2. The zero-order valence-corrected chi connectivity index (χ0v) is 17.7. The van der Waals surface area contributed by atoms with Crippen molar-refractivity contribution in [1.82, 2.24) is 10.3 Å². The van der Waals surface area contributed by atoms with E-state index in [4.69, 9.17) is 14.2 Å². The molecule has 0 radical (unpaired) electrons. The van der Waals surface area contributed by atoms with Gasteiger partial charge in [-0.2, -0.15) is 0 Å². The van der Waals surface area contributed by atoms with Crippen LogP contribution in [-0.4, -0.2) is 44.2 Å². The van der Waals surface area contributed by atoms with Gasteiger partial charge in [-0.1, -0.05) is 22.0 Å². The third kappa shape index (κ3) is 5.08. The molecule has 0 aliphatic heterocycles. The van der Waals surface area contributed by atoms with Crippen molar-refractivity contribution in [2.75, 3.05) is 27.4 Å². The largest absolute Gasteiger partial charge is 0.493 e. The van der Waals surface area contributed by atoms with Crippen LogP contribution in [0.1, 0.15) is 15.9 Å². The number of esters is 1. The summed E-state index contributed by atoms with van der Waals surface area (Å²) in [5.74, 6) is 0.372. The maximum atomic E-state index is 12.3. The van der Waals surface area contributed by atoms with Crippen LogP contribution >= 0.6 is 15.9 Å². The van der Waals surface area contributed by atoms with Gasteiger partial charge in [0.05, 0.1) is 19.8 Å². The lowest BCUT2D eigenvalue weighted by Gasteiger charge is -2.10. The highest BCUT2D eigenvalue weighted by Gasteiger charge is 2.15. The Kier molecular flexibility index (Phi) is 6.77. The van der Waals surface area contributed by atoms with Crippen LogP contribution in [0.5, 0.6) is 11.5 Å². The van der Waals surface area contributed by atoms with Gasteiger partial charge in [0.1, 0.15) is 0 Å². The quantitative estimate of drug-likeness (QED) is 0.502. The Hall–Kier alpha value is -3.00. The minimum Gasteiger partial charge on any atom is -0.493 e. The molecule has 0 bridgehead atoms. The van der Waals surface area contributed by atoms with Crippen molar-refractivity contribution in [3.63, 3.8) is 0 Å². The molecule has 0 saturated carbocycles. The van der Waals surface area contributed by atoms with E-state index >= 15 is 0 Å². The van der Waals surface area contributed by atoms with E-state index in [1.807, 2.05) is 36.4 Å². The van der Waals surface area contributed by atoms with E-state index in [2.05, 4.69) is 26.2 Å². The summed E-state index contributed by atoms with van der Waals surface area (Å²) >= 11 is 3.38. The third-order valence-corrected chi connectivity index (χ3v) is 4.88. The Bertz CT molecular complexity index is 1030.